The molecule has 2 aromatic carbocycles. The molecule has 0 aliphatic carbocycles. The molecule has 1 fully saturated rings. The molecule has 2 aromatic rings. The minimum absolute atomic E-state index is 0.0349. The van der Waals surface area contributed by atoms with Gasteiger partial charge in [-0.05, 0) is 24.1 Å². The zero-order chi connectivity index (χ0) is 18.0. The third kappa shape index (κ3) is 3.40. The summed E-state index contributed by atoms with van der Waals surface area (Å²) in [4.78, 5) is 36.2. The molecule has 0 saturated carbocycles. The van der Waals surface area contributed by atoms with E-state index in [1.165, 1.54) is 12.1 Å². The van der Waals surface area contributed by atoms with Crippen LogP contribution in [-0.4, -0.2) is 21.8 Å². The fraction of sp³-hybridized carbons (Fsp3) is 0.111. The summed E-state index contributed by atoms with van der Waals surface area (Å²) in [6.07, 6.45) is 1.44. The third-order valence-electron chi connectivity index (χ3n) is 3.89. The fourth-order valence-electron chi connectivity index (χ4n) is 2.56. The van der Waals surface area contributed by atoms with Gasteiger partial charge in [0.05, 0.1) is 11.5 Å². The Kier molecular flexibility index (Phi) is 4.30. The fourth-order valence-corrected chi connectivity index (χ4v) is 2.56. The van der Waals surface area contributed by atoms with Crippen LogP contribution in [0, 0.1) is 17.0 Å². The molecule has 0 aromatic heterocycles. The molecule has 0 unspecified atom stereocenters. The summed E-state index contributed by atoms with van der Waals surface area (Å²) in [5.74, 6) is -0.461. The lowest BCUT2D eigenvalue weighted by atomic mass is 10.1. The van der Waals surface area contributed by atoms with E-state index in [2.05, 4.69) is 5.32 Å². The Bertz CT molecular complexity index is 890. The van der Waals surface area contributed by atoms with Crippen LogP contribution in [0.3, 0.4) is 0 Å². The van der Waals surface area contributed by atoms with Gasteiger partial charge in [-0.2, -0.15) is 0 Å². The maximum Gasteiger partial charge on any atom is 0.329 e. The molecule has 3 amide bonds. The van der Waals surface area contributed by atoms with Crippen molar-refractivity contribution in [3.8, 4) is 0 Å². The Labute approximate surface area is 143 Å². The van der Waals surface area contributed by atoms with E-state index in [0.717, 1.165) is 10.5 Å². The molecule has 126 valence electrons. The molecule has 1 heterocycles. The van der Waals surface area contributed by atoms with Crippen molar-refractivity contribution >= 4 is 23.7 Å². The molecular formula is C18H15N3O4. The highest BCUT2D eigenvalue weighted by Gasteiger charge is 2.33. The quantitative estimate of drug-likeness (QED) is 0.402. The largest absolute Gasteiger partial charge is 0.329 e. The molecule has 25 heavy (non-hydrogen) atoms. The van der Waals surface area contributed by atoms with Crippen LogP contribution in [0.4, 0.5) is 10.5 Å². The number of carbonyl (C=O) groups is 2. The first-order valence-corrected chi connectivity index (χ1v) is 7.59. The van der Waals surface area contributed by atoms with E-state index in [1.54, 1.807) is 19.1 Å². The molecule has 0 radical (unpaired) electrons. The smallest absolute Gasteiger partial charge is 0.303 e. The summed E-state index contributed by atoms with van der Waals surface area (Å²) < 4.78 is 0. The zero-order valence-electron chi connectivity index (χ0n) is 13.4. The van der Waals surface area contributed by atoms with Gasteiger partial charge in [-0.1, -0.05) is 42.5 Å². The predicted molar refractivity (Wildman–Crippen MR) is 91.3 cm³/mol. The van der Waals surface area contributed by atoms with Crippen LogP contribution >= 0.6 is 0 Å². The van der Waals surface area contributed by atoms with Crippen molar-refractivity contribution in [3.05, 3.63) is 81.0 Å². The zero-order valence-corrected chi connectivity index (χ0v) is 13.4. The van der Waals surface area contributed by atoms with Gasteiger partial charge in [0.25, 0.3) is 11.6 Å². The van der Waals surface area contributed by atoms with Crippen LogP contribution in [0.15, 0.2) is 54.2 Å². The van der Waals surface area contributed by atoms with Crippen molar-refractivity contribution in [2.75, 3.05) is 0 Å². The summed E-state index contributed by atoms with van der Waals surface area (Å²) in [6, 6.07) is 13.3. The Morgan fingerprint density at radius 2 is 1.88 bits per heavy atom. The van der Waals surface area contributed by atoms with Gasteiger partial charge in [-0.25, -0.2) is 4.79 Å². The van der Waals surface area contributed by atoms with Gasteiger partial charge in [-0.15, -0.1) is 0 Å². The lowest BCUT2D eigenvalue weighted by Crippen LogP contribution is -2.30. The van der Waals surface area contributed by atoms with E-state index >= 15 is 0 Å². The van der Waals surface area contributed by atoms with Gasteiger partial charge >= 0.3 is 6.03 Å². The number of hydrogen-bond donors (Lipinski definition) is 1. The lowest BCUT2D eigenvalue weighted by molar-refractivity contribution is -0.385. The molecular weight excluding hydrogens is 322 g/mol. The molecule has 1 N–H and O–H groups in total. The minimum Gasteiger partial charge on any atom is -0.303 e. The van der Waals surface area contributed by atoms with E-state index < -0.39 is 16.9 Å². The Balaban J connectivity index is 1.85. The van der Waals surface area contributed by atoms with Crippen molar-refractivity contribution in [2.45, 2.75) is 13.5 Å². The number of imide groups is 1. The van der Waals surface area contributed by atoms with Gasteiger partial charge in [0.1, 0.15) is 5.70 Å². The summed E-state index contributed by atoms with van der Waals surface area (Å²) in [7, 11) is 0. The molecule has 1 aliphatic rings. The molecule has 7 heteroatoms. The maximum atomic E-state index is 12.5. The third-order valence-corrected chi connectivity index (χ3v) is 3.89. The van der Waals surface area contributed by atoms with Crippen molar-refractivity contribution < 1.29 is 14.5 Å². The number of nitro groups is 1. The highest BCUT2D eigenvalue weighted by atomic mass is 16.6. The van der Waals surface area contributed by atoms with Gasteiger partial charge in [0, 0.05) is 11.6 Å². The van der Waals surface area contributed by atoms with Gasteiger partial charge in [0.2, 0.25) is 0 Å². The number of urea groups is 1. The first-order chi connectivity index (χ1) is 12.0. The van der Waals surface area contributed by atoms with Crippen LogP contribution in [0.5, 0.6) is 0 Å². The number of nitrogens with zero attached hydrogens (tertiary/aromatic N) is 2. The van der Waals surface area contributed by atoms with E-state index in [4.69, 9.17) is 0 Å². The molecule has 0 bridgehead atoms. The lowest BCUT2D eigenvalue weighted by Gasteiger charge is -2.11. The summed E-state index contributed by atoms with van der Waals surface area (Å²) >= 11 is 0. The van der Waals surface area contributed by atoms with E-state index in [9.17, 15) is 19.7 Å². The van der Waals surface area contributed by atoms with Gasteiger partial charge < -0.3 is 5.32 Å². The number of nitrogens with one attached hydrogen (secondary N) is 1. The second-order valence-electron chi connectivity index (χ2n) is 5.67. The first kappa shape index (κ1) is 16.4. The molecule has 3 rings (SSSR count). The Morgan fingerprint density at radius 1 is 1.16 bits per heavy atom. The monoisotopic (exact) mass is 337 g/mol. The molecule has 0 atom stereocenters. The van der Waals surface area contributed by atoms with E-state index in [-0.39, 0.29) is 17.9 Å². The highest BCUT2D eigenvalue weighted by molar-refractivity contribution is 6.13. The number of amides is 3. The molecule has 7 nitrogen and oxygen atoms in total. The standard InChI is InChI=1S/C18H15N3O4/c1-12-7-8-14(10-16(12)21(24)25)9-15-17(22)20(18(23)19-15)11-13-5-3-2-4-6-13/h2-10H,11H2,1H3,(H,19,23)/b15-9+. The van der Waals surface area contributed by atoms with Crippen LogP contribution < -0.4 is 5.32 Å². The van der Waals surface area contributed by atoms with Crippen LogP contribution in [0.25, 0.3) is 6.08 Å². The second-order valence-corrected chi connectivity index (χ2v) is 5.67. The maximum absolute atomic E-state index is 12.5. The summed E-state index contributed by atoms with van der Waals surface area (Å²) in [5, 5.41) is 13.5. The number of nitro benzene ring substituents is 1. The minimum atomic E-state index is -0.512. The predicted octanol–water partition coefficient (Wildman–Crippen LogP) is 3.00. The highest BCUT2D eigenvalue weighted by Crippen LogP contribution is 2.22. The topological polar surface area (TPSA) is 92.6 Å². The van der Waals surface area contributed by atoms with Gasteiger partial charge in [-0.3, -0.25) is 19.8 Å². The van der Waals surface area contributed by atoms with E-state index in [0.29, 0.717) is 11.1 Å². The number of carbonyl (C=O) groups excluding carboxylic acids is 2. The number of benzene rings is 2. The van der Waals surface area contributed by atoms with Crippen molar-refractivity contribution in [3.63, 3.8) is 0 Å². The number of rotatable bonds is 4. The van der Waals surface area contributed by atoms with Crippen molar-refractivity contribution in [1.82, 2.24) is 10.2 Å². The first-order valence-electron chi connectivity index (χ1n) is 7.59. The number of hydrogen-bond acceptors (Lipinski definition) is 4. The van der Waals surface area contributed by atoms with Crippen molar-refractivity contribution in [1.29, 1.82) is 0 Å². The van der Waals surface area contributed by atoms with Crippen LogP contribution in [0.1, 0.15) is 16.7 Å². The molecule has 0 spiro atoms. The van der Waals surface area contributed by atoms with Crippen molar-refractivity contribution in [2.24, 2.45) is 0 Å². The normalized spacial score (nSPS) is 15.6. The molecule has 1 aliphatic heterocycles. The Hall–Kier alpha value is -3.48. The summed E-state index contributed by atoms with van der Waals surface area (Å²) in [5.41, 5.74) is 1.90. The summed E-state index contributed by atoms with van der Waals surface area (Å²) in [6.45, 7) is 1.80. The molecule has 1 saturated heterocycles. The van der Waals surface area contributed by atoms with E-state index in [1.807, 2.05) is 30.3 Å². The average molecular weight is 337 g/mol. The second kappa shape index (κ2) is 6.56. The van der Waals surface area contributed by atoms with Crippen LogP contribution in [-0.2, 0) is 11.3 Å². The SMILES string of the molecule is Cc1ccc(/C=C2/NC(=O)N(Cc3ccccc3)C2=O)cc1[N+](=O)[O-]. The number of aryl methyl sites for hydroxylation is 1. The van der Waals surface area contributed by atoms with Crippen LogP contribution in [0.2, 0.25) is 0 Å². The average Bonchev–Trinajstić information content (AvgIpc) is 2.85. The Morgan fingerprint density at radius 3 is 2.56 bits per heavy atom. The van der Waals surface area contributed by atoms with Gasteiger partial charge in [0.15, 0.2) is 0 Å².